The first-order valence-corrected chi connectivity index (χ1v) is 11.6. The molecule has 0 atom stereocenters. The van der Waals surface area contributed by atoms with Gasteiger partial charge in [0.05, 0.1) is 20.1 Å². The molecule has 4 rings (SSSR count). The molecule has 1 fully saturated rings. The lowest BCUT2D eigenvalue weighted by molar-refractivity contribution is -0.115. The first-order valence-electron chi connectivity index (χ1n) is 10.2. The molecule has 1 N–H and O–H groups in total. The minimum Gasteiger partial charge on any atom is -0.495 e. The van der Waals surface area contributed by atoms with Gasteiger partial charge in [0, 0.05) is 25.2 Å². The largest absolute Gasteiger partial charge is 0.495 e. The maximum atomic E-state index is 13.1. The Labute approximate surface area is 177 Å². The van der Waals surface area contributed by atoms with Crippen LogP contribution in [0.25, 0.3) is 0 Å². The van der Waals surface area contributed by atoms with E-state index in [2.05, 4.69) is 5.32 Å². The SMILES string of the molecule is COc1ccc(NC(=O)Cc2ccc3c(c2)CCO3)cc1S(=O)(=O)N1CCCCC1. The zero-order valence-electron chi connectivity index (χ0n) is 17.0. The van der Waals surface area contributed by atoms with Crippen LogP contribution >= 0.6 is 0 Å². The molecule has 30 heavy (non-hydrogen) atoms. The molecule has 7 nitrogen and oxygen atoms in total. The summed E-state index contributed by atoms with van der Waals surface area (Å²) in [7, 11) is -2.24. The van der Waals surface area contributed by atoms with Crippen LogP contribution in [-0.4, -0.2) is 45.4 Å². The number of methoxy groups -OCH3 is 1. The molecule has 2 aliphatic heterocycles. The number of nitrogens with zero attached hydrogens (tertiary/aromatic N) is 1. The van der Waals surface area contributed by atoms with E-state index in [9.17, 15) is 13.2 Å². The third-order valence-corrected chi connectivity index (χ3v) is 7.42. The molecule has 0 unspecified atom stereocenters. The van der Waals surface area contributed by atoms with E-state index in [0.717, 1.165) is 42.6 Å². The van der Waals surface area contributed by atoms with Crippen LogP contribution in [-0.2, 0) is 27.7 Å². The van der Waals surface area contributed by atoms with E-state index in [0.29, 0.717) is 25.4 Å². The number of ether oxygens (including phenoxy) is 2. The highest BCUT2D eigenvalue weighted by Crippen LogP contribution is 2.31. The molecule has 2 heterocycles. The highest BCUT2D eigenvalue weighted by molar-refractivity contribution is 7.89. The fourth-order valence-electron chi connectivity index (χ4n) is 3.94. The standard InChI is InChI=1S/C22H26N2O5S/c1-28-20-8-6-18(15-21(20)30(26,27)24-10-3-2-4-11-24)23-22(25)14-16-5-7-19-17(13-16)9-12-29-19/h5-8,13,15H,2-4,9-12,14H2,1H3,(H,23,25). The van der Waals surface area contributed by atoms with Crippen molar-refractivity contribution in [3.63, 3.8) is 0 Å². The quantitative estimate of drug-likeness (QED) is 0.762. The number of carbonyl (C=O) groups excluding carboxylic acids is 1. The van der Waals surface area contributed by atoms with Gasteiger partial charge < -0.3 is 14.8 Å². The van der Waals surface area contributed by atoms with E-state index in [4.69, 9.17) is 9.47 Å². The number of sulfonamides is 1. The Kier molecular flexibility index (Phi) is 5.97. The number of fused-ring (bicyclic) bond motifs is 1. The summed E-state index contributed by atoms with van der Waals surface area (Å²) in [5, 5.41) is 2.82. The van der Waals surface area contributed by atoms with Crippen molar-refractivity contribution in [2.24, 2.45) is 0 Å². The maximum absolute atomic E-state index is 13.1. The van der Waals surface area contributed by atoms with Crippen molar-refractivity contribution in [1.82, 2.24) is 4.31 Å². The van der Waals surface area contributed by atoms with Crippen LogP contribution in [0.2, 0.25) is 0 Å². The minimum absolute atomic E-state index is 0.0828. The third kappa shape index (κ3) is 4.29. The Morgan fingerprint density at radius 3 is 2.70 bits per heavy atom. The first-order chi connectivity index (χ1) is 14.5. The van der Waals surface area contributed by atoms with Gasteiger partial charge in [-0.1, -0.05) is 18.6 Å². The van der Waals surface area contributed by atoms with Crippen molar-refractivity contribution in [2.45, 2.75) is 37.0 Å². The molecule has 0 aromatic heterocycles. The van der Waals surface area contributed by atoms with Gasteiger partial charge in [-0.15, -0.1) is 0 Å². The normalized spacial score (nSPS) is 16.6. The first kappa shape index (κ1) is 20.7. The summed E-state index contributed by atoms with van der Waals surface area (Å²) in [4.78, 5) is 12.6. The topological polar surface area (TPSA) is 84.9 Å². The minimum atomic E-state index is -3.69. The van der Waals surface area contributed by atoms with E-state index >= 15 is 0 Å². The van der Waals surface area contributed by atoms with Crippen LogP contribution < -0.4 is 14.8 Å². The van der Waals surface area contributed by atoms with E-state index < -0.39 is 10.0 Å². The molecule has 0 aliphatic carbocycles. The van der Waals surface area contributed by atoms with Gasteiger partial charge in [0.25, 0.3) is 0 Å². The van der Waals surface area contributed by atoms with Gasteiger partial charge in [0.2, 0.25) is 15.9 Å². The Bertz CT molecular complexity index is 1050. The van der Waals surface area contributed by atoms with Gasteiger partial charge in [-0.05, 0) is 48.2 Å². The monoisotopic (exact) mass is 430 g/mol. The van der Waals surface area contributed by atoms with Crippen LogP contribution in [0.1, 0.15) is 30.4 Å². The number of hydrogen-bond acceptors (Lipinski definition) is 5. The molecule has 0 bridgehead atoms. The van der Waals surface area contributed by atoms with Crippen molar-refractivity contribution in [2.75, 3.05) is 32.1 Å². The second kappa shape index (κ2) is 8.65. The van der Waals surface area contributed by atoms with E-state index in [1.54, 1.807) is 12.1 Å². The molecule has 0 saturated carbocycles. The Balaban J connectivity index is 1.51. The van der Waals surface area contributed by atoms with Crippen molar-refractivity contribution in [1.29, 1.82) is 0 Å². The van der Waals surface area contributed by atoms with Crippen molar-refractivity contribution in [3.8, 4) is 11.5 Å². The number of hydrogen-bond donors (Lipinski definition) is 1. The number of nitrogens with one attached hydrogen (secondary N) is 1. The summed E-state index contributed by atoms with van der Waals surface area (Å²) in [5.74, 6) is 0.944. The number of amides is 1. The fourth-order valence-corrected chi connectivity index (χ4v) is 5.64. The van der Waals surface area contributed by atoms with Crippen molar-refractivity contribution >= 4 is 21.6 Å². The fraction of sp³-hybridized carbons (Fsp3) is 0.409. The number of anilines is 1. The zero-order valence-corrected chi connectivity index (χ0v) is 17.8. The lowest BCUT2D eigenvalue weighted by atomic mass is 10.1. The number of rotatable bonds is 6. The Hall–Kier alpha value is -2.58. The number of piperidine rings is 1. The van der Waals surface area contributed by atoms with E-state index in [-0.39, 0.29) is 23.0 Å². The molecular weight excluding hydrogens is 404 g/mol. The molecule has 2 aromatic carbocycles. The Morgan fingerprint density at radius 1 is 1.13 bits per heavy atom. The second-order valence-electron chi connectivity index (χ2n) is 7.60. The average molecular weight is 431 g/mol. The van der Waals surface area contributed by atoms with Crippen LogP contribution in [0, 0.1) is 0 Å². The highest BCUT2D eigenvalue weighted by Gasteiger charge is 2.29. The summed E-state index contributed by atoms with van der Waals surface area (Å²) in [6.45, 7) is 1.68. The molecule has 8 heteroatoms. The van der Waals surface area contributed by atoms with Gasteiger partial charge in [-0.2, -0.15) is 4.31 Å². The van der Waals surface area contributed by atoms with E-state index in [1.165, 1.54) is 17.5 Å². The highest BCUT2D eigenvalue weighted by atomic mass is 32.2. The predicted octanol–water partition coefficient (Wildman–Crippen LogP) is 2.99. The lowest BCUT2D eigenvalue weighted by Crippen LogP contribution is -2.35. The molecular formula is C22H26N2O5S. The third-order valence-electron chi connectivity index (χ3n) is 5.50. The van der Waals surface area contributed by atoms with Gasteiger partial charge in [-0.25, -0.2) is 8.42 Å². The molecule has 2 aromatic rings. The summed E-state index contributed by atoms with van der Waals surface area (Å²) in [6, 6.07) is 10.5. The van der Waals surface area contributed by atoms with Gasteiger partial charge in [0.1, 0.15) is 16.4 Å². The van der Waals surface area contributed by atoms with Crippen molar-refractivity contribution in [3.05, 3.63) is 47.5 Å². The number of benzene rings is 2. The van der Waals surface area contributed by atoms with Gasteiger partial charge >= 0.3 is 0 Å². The maximum Gasteiger partial charge on any atom is 0.246 e. The molecule has 0 spiro atoms. The Morgan fingerprint density at radius 2 is 1.93 bits per heavy atom. The molecule has 0 radical (unpaired) electrons. The predicted molar refractivity (Wildman–Crippen MR) is 114 cm³/mol. The van der Waals surface area contributed by atoms with E-state index in [1.807, 2.05) is 18.2 Å². The van der Waals surface area contributed by atoms with Gasteiger partial charge in [-0.3, -0.25) is 4.79 Å². The second-order valence-corrected chi connectivity index (χ2v) is 9.50. The van der Waals surface area contributed by atoms with Crippen LogP contribution in [0.4, 0.5) is 5.69 Å². The molecule has 160 valence electrons. The zero-order chi connectivity index (χ0) is 21.1. The van der Waals surface area contributed by atoms with Gasteiger partial charge in [0.15, 0.2) is 0 Å². The lowest BCUT2D eigenvalue weighted by Gasteiger charge is -2.26. The molecule has 2 aliphatic rings. The van der Waals surface area contributed by atoms with Crippen LogP contribution in [0.3, 0.4) is 0 Å². The molecule has 1 amide bonds. The average Bonchev–Trinajstić information content (AvgIpc) is 3.22. The summed E-state index contributed by atoms with van der Waals surface area (Å²) in [6.07, 6.45) is 3.79. The summed E-state index contributed by atoms with van der Waals surface area (Å²) in [5.41, 5.74) is 2.44. The van der Waals surface area contributed by atoms with Crippen LogP contribution in [0.5, 0.6) is 11.5 Å². The summed E-state index contributed by atoms with van der Waals surface area (Å²) < 4.78 is 38.5. The van der Waals surface area contributed by atoms with Crippen molar-refractivity contribution < 1.29 is 22.7 Å². The molecule has 1 saturated heterocycles. The summed E-state index contributed by atoms with van der Waals surface area (Å²) >= 11 is 0. The van der Waals surface area contributed by atoms with Crippen LogP contribution in [0.15, 0.2) is 41.3 Å². The smallest absolute Gasteiger partial charge is 0.246 e. The number of carbonyl (C=O) groups is 1.